The molecule has 0 aromatic heterocycles. The van der Waals surface area contributed by atoms with Crippen LogP contribution in [0.4, 0.5) is 0 Å². The quantitative estimate of drug-likeness (QED) is 0.847. The van der Waals surface area contributed by atoms with Gasteiger partial charge in [-0.25, -0.2) is 0 Å². The summed E-state index contributed by atoms with van der Waals surface area (Å²) in [5, 5.41) is 4.54. The van der Waals surface area contributed by atoms with Gasteiger partial charge in [0.05, 0.1) is 0 Å². The summed E-state index contributed by atoms with van der Waals surface area (Å²) in [6.07, 6.45) is 2.29. The van der Waals surface area contributed by atoms with E-state index in [1.807, 2.05) is 6.07 Å². The molecule has 1 nitrogen and oxygen atoms in total. The van der Waals surface area contributed by atoms with E-state index >= 15 is 0 Å². The van der Waals surface area contributed by atoms with Crippen molar-refractivity contribution in [1.29, 1.82) is 0 Å². The first-order valence-electron chi connectivity index (χ1n) is 6.45. The second kappa shape index (κ2) is 7.18. The third kappa shape index (κ3) is 3.89. The SMILES string of the molecule is CCCNC1CSCC1Cc1ccc(Br)cc1Cl. The van der Waals surface area contributed by atoms with E-state index in [0.29, 0.717) is 12.0 Å². The van der Waals surface area contributed by atoms with Gasteiger partial charge in [0.15, 0.2) is 0 Å². The summed E-state index contributed by atoms with van der Waals surface area (Å²) in [6.45, 7) is 3.34. The van der Waals surface area contributed by atoms with Gasteiger partial charge < -0.3 is 5.32 Å². The summed E-state index contributed by atoms with van der Waals surface area (Å²) in [6, 6.07) is 6.87. The molecule has 2 rings (SSSR count). The van der Waals surface area contributed by atoms with Crippen molar-refractivity contribution in [3.63, 3.8) is 0 Å². The molecule has 100 valence electrons. The Bertz CT molecular complexity index is 399. The molecule has 2 unspecified atom stereocenters. The van der Waals surface area contributed by atoms with Crippen LogP contribution in [0.2, 0.25) is 5.02 Å². The third-order valence-electron chi connectivity index (χ3n) is 3.35. The molecule has 1 fully saturated rings. The van der Waals surface area contributed by atoms with Gasteiger partial charge in [0, 0.05) is 21.3 Å². The largest absolute Gasteiger partial charge is 0.313 e. The van der Waals surface area contributed by atoms with Crippen molar-refractivity contribution in [2.75, 3.05) is 18.1 Å². The molecule has 18 heavy (non-hydrogen) atoms. The lowest BCUT2D eigenvalue weighted by Crippen LogP contribution is -2.36. The van der Waals surface area contributed by atoms with Crippen LogP contribution in [0.5, 0.6) is 0 Å². The zero-order valence-electron chi connectivity index (χ0n) is 10.6. The fourth-order valence-electron chi connectivity index (χ4n) is 2.32. The third-order valence-corrected chi connectivity index (χ3v) is 5.46. The number of hydrogen-bond acceptors (Lipinski definition) is 2. The molecule has 1 N–H and O–H groups in total. The van der Waals surface area contributed by atoms with Gasteiger partial charge in [0.2, 0.25) is 0 Å². The molecule has 1 aliphatic rings. The van der Waals surface area contributed by atoms with Gasteiger partial charge in [0.25, 0.3) is 0 Å². The van der Waals surface area contributed by atoms with E-state index in [-0.39, 0.29) is 0 Å². The standard InChI is InChI=1S/C14H19BrClNS/c1-2-5-17-14-9-18-8-11(14)6-10-3-4-12(15)7-13(10)16/h3-4,7,11,14,17H,2,5-6,8-9H2,1H3. The Kier molecular flexibility index (Phi) is 5.87. The first kappa shape index (κ1) is 14.7. The Balaban J connectivity index is 1.99. The predicted molar refractivity (Wildman–Crippen MR) is 85.8 cm³/mol. The molecule has 0 aliphatic carbocycles. The molecular formula is C14H19BrClNS. The summed E-state index contributed by atoms with van der Waals surface area (Å²) in [7, 11) is 0. The lowest BCUT2D eigenvalue weighted by molar-refractivity contribution is 0.425. The normalized spacial score (nSPS) is 23.5. The Morgan fingerprint density at radius 2 is 2.28 bits per heavy atom. The number of hydrogen-bond donors (Lipinski definition) is 1. The summed E-state index contributed by atoms with van der Waals surface area (Å²) < 4.78 is 1.05. The predicted octanol–water partition coefficient (Wildman–Crippen LogP) is 4.38. The van der Waals surface area contributed by atoms with E-state index in [0.717, 1.165) is 22.5 Å². The fraction of sp³-hybridized carbons (Fsp3) is 0.571. The lowest BCUT2D eigenvalue weighted by atomic mass is 9.95. The highest BCUT2D eigenvalue weighted by Gasteiger charge is 2.27. The topological polar surface area (TPSA) is 12.0 Å². The molecule has 1 aromatic carbocycles. The number of benzene rings is 1. The fourth-order valence-corrected chi connectivity index (χ4v) is 4.51. The molecule has 2 atom stereocenters. The molecule has 1 saturated heterocycles. The van der Waals surface area contributed by atoms with Crippen LogP contribution in [0.25, 0.3) is 0 Å². The van der Waals surface area contributed by atoms with E-state index in [9.17, 15) is 0 Å². The Labute approximate surface area is 127 Å². The molecule has 4 heteroatoms. The van der Waals surface area contributed by atoms with Crippen molar-refractivity contribution in [1.82, 2.24) is 5.32 Å². The van der Waals surface area contributed by atoms with Crippen molar-refractivity contribution in [3.05, 3.63) is 33.3 Å². The Morgan fingerprint density at radius 3 is 3.00 bits per heavy atom. The van der Waals surface area contributed by atoms with Crippen LogP contribution in [0.1, 0.15) is 18.9 Å². The van der Waals surface area contributed by atoms with Crippen LogP contribution in [-0.2, 0) is 6.42 Å². The lowest BCUT2D eigenvalue weighted by Gasteiger charge is -2.20. The van der Waals surface area contributed by atoms with Crippen molar-refractivity contribution < 1.29 is 0 Å². The maximum Gasteiger partial charge on any atom is 0.0449 e. The van der Waals surface area contributed by atoms with Crippen LogP contribution >= 0.6 is 39.3 Å². The summed E-state index contributed by atoms with van der Waals surface area (Å²) in [4.78, 5) is 0. The minimum atomic E-state index is 0.648. The molecule has 0 bridgehead atoms. The number of nitrogens with one attached hydrogen (secondary N) is 1. The van der Waals surface area contributed by atoms with Crippen LogP contribution in [0.15, 0.2) is 22.7 Å². The summed E-state index contributed by atoms with van der Waals surface area (Å²) in [5.74, 6) is 3.19. The van der Waals surface area contributed by atoms with Gasteiger partial charge in [0.1, 0.15) is 0 Å². The van der Waals surface area contributed by atoms with E-state index in [1.165, 1.54) is 23.5 Å². The highest BCUT2D eigenvalue weighted by molar-refractivity contribution is 9.10. The Hall–Kier alpha value is 0.300. The van der Waals surface area contributed by atoms with Gasteiger partial charge in [-0.15, -0.1) is 0 Å². The molecule has 1 aromatic rings. The smallest absolute Gasteiger partial charge is 0.0449 e. The number of thioether (sulfide) groups is 1. The van der Waals surface area contributed by atoms with Gasteiger partial charge >= 0.3 is 0 Å². The minimum Gasteiger partial charge on any atom is -0.313 e. The van der Waals surface area contributed by atoms with E-state index in [2.05, 4.69) is 52.1 Å². The maximum absolute atomic E-state index is 6.30. The van der Waals surface area contributed by atoms with Gasteiger partial charge in [-0.2, -0.15) is 11.8 Å². The van der Waals surface area contributed by atoms with E-state index in [4.69, 9.17) is 11.6 Å². The van der Waals surface area contributed by atoms with Crippen molar-refractivity contribution in [2.24, 2.45) is 5.92 Å². The highest BCUT2D eigenvalue weighted by atomic mass is 79.9. The zero-order chi connectivity index (χ0) is 13.0. The monoisotopic (exact) mass is 347 g/mol. The van der Waals surface area contributed by atoms with Gasteiger partial charge in [-0.1, -0.05) is 40.5 Å². The number of rotatable bonds is 5. The molecule has 1 aliphatic heterocycles. The van der Waals surface area contributed by atoms with Crippen molar-refractivity contribution in [2.45, 2.75) is 25.8 Å². The number of halogens is 2. The zero-order valence-corrected chi connectivity index (χ0v) is 13.7. The van der Waals surface area contributed by atoms with Gasteiger partial charge in [-0.05, 0) is 48.8 Å². The highest BCUT2D eigenvalue weighted by Crippen LogP contribution is 2.30. The van der Waals surface area contributed by atoms with Crippen molar-refractivity contribution >= 4 is 39.3 Å². The average Bonchev–Trinajstić information content (AvgIpc) is 2.77. The van der Waals surface area contributed by atoms with Crippen LogP contribution in [0.3, 0.4) is 0 Å². The first-order chi connectivity index (χ1) is 8.70. The summed E-state index contributed by atoms with van der Waals surface area (Å²) >= 11 is 11.8. The molecule has 0 radical (unpaired) electrons. The average molecular weight is 349 g/mol. The van der Waals surface area contributed by atoms with E-state index in [1.54, 1.807) is 0 Å². The van der Waals surface area contributed by atoms with Crippen LogP contribution in [-0.4, -0.2) is 24.1 Å². The maximum atomic E-state index is 6.30. The van der Waals surface area contributed by atoms with Crippen LogP contribution < -0.4 is 5.32 Å². The molecule has 0 amide bonds. The minimum absolute atomic E-state index is 0.648. The van der Waals surface area contributed by atoms with E-state index < -0.39 is 0 Å². The molecule has 1 heterocycles. The first-order valence-corrected chi connectivity index (χ1v) is 8.78. The Morgan fingerprint density at radius 1 is 1.44 bits per heavy atom. The second-order valence-electron chi connectivity index (χ2n) is 4.80. The van der Waals surface area contributed by atoms with Crippen LogP contribution in [0, 0.1) is 5.92 Å². The second-order valence-corrected chi connectivity index (χ2v) is 7.20. The van der Waals surface area contributed by atoms with Gasteiger partial charge in [-0.3, -0.25) is 0 Å². The summed E-state index contributed by atoms with van der Waals surface area (Å²) in [5.41, 5.74) is 1.27. The molecule has 0 spiro atoms. The molecule has 0 saturated carbocycles. The van der Waals surface area contributed by atoms with Crippen molar-refractivity contribution in [3.8, 4) is 0 Å². The molecular weight excluding hydrogens is 330 g/mol.